The zero-order chi connectivity index (χ0) is 16.8. The monoisotopic (exact) mass is 317 g/mol. The molecule has 2 aromatic rings. The number of carbonyl (C=O) groups excluding carboxylic acids is 1. The van der Waals surface area contributed by atoms with Gasteiger partial charge in [-0.1, -0.05) is 0 Å². The number of carbonyl (C=O) groups is 1. The molecular formula is C17H19NO5. The second-order valence-corrected chi connectivity index (χ2v) is 4.59. The van der Waals surface area contributed by atoms with E-state index in [2.05, 4.69) is 0 Å². The van der Waals surface area contributed by atoms with Gasteiger partial charge in [0.15, 0.2) is 0 Å². The van der Waals surface area contributed by atoms with E-state index in [0.29, 0.717) is 23.0 Å². The van der Waals surface area contributed by atoms with E-state index in [1.807, 2.05) is 0 Å². The van der Waals surface area contributed by atoms with Gasteiger partial charge in [-0.2, -0.15) is 0 Å². The summed E-state index contributed by atoms with van der Waals surface area (Å²) in [6.07, 6.45) is 1.42. The highest BCUT2D eigenvalue weighted by Crippen LogP contribution is 2.34. The van der Waals surface area contributed by atoms with Crippen LogP contribution in [-0.2, 0) is 9.53 Å². The normalized spacial score (nSPS) is 11.2. The van der Waals surface area contributed by atoms with Gasteiger partial charge in [0.1, 0.15) is 28.7 Å². The number of hydrogen-bond donors (Lipinski definition) is 1. The Hall–Kier alpha value is -2.89. The molecule has 0 amide bonds. The molecule has 122 valence electrons. The van der Waals surface area contributed by atoms with Crippen molar-refractivity contribution in [2.24, 2.45) is 5.73 Å². The molecule has 23 heavy (non-hydrogen) atoms. The van der Waals surface area contributed by atoms with Crippen LogP contribution in [0, 0.1) is 0 Å². The number of benzene rings is 1. The Kier molecular flexibility index (Phi) is 5.30. The van der Waals surface area contributed by atoms with Gasteiger partial charge < -0.3 is 24.4 Å². The Bertz CT molecular complexity index is 718. The van der Waals surface area contributed by atoms with Crippen molar-refractivity contribution >= 4 is 12.0 Å². The molecule has 0 aliphatic heterocycles. The van der Waals surface area contributed by atoms with E-state index < -0.39 is 5.97 Å². The quantitative estimate of drug-likeness (QED) is 0.651. The summed E-state index contributed by atoms with van der Waals surface area (Å²) in [5.74, 6) is 1.76. The third-order valence-corrected chi connectivity index (χ3v) is 3.11. The Balaban J connectivity index is 2.32. The van der Waals surface area contributed by atoms with Gasteiger partial charge in [-0.3, -0.25) is 0 Å². The van der Waals surface area contributed by atoms with Gasteiger partial charge in [0.25, 0.3) is 0 Å². The fourth-order valence-electron chi connectivity index (χ4n) is 2.01. The number of esters is 1. The minimum absolute atomic E-state index is 0.0228. The predicted octanol–water partition coefficient (Wildman–Crippen LogP) is 2.83. The molecule has 0 saturated carbocycles. The number of methoxy groups -OCH3 is 2. The van der Waals surface area contributed by atoms with Crippen molar-refractivity contribution in [2.45, 2.75) is 6.92 Å². The zero-order valence-corrected chi connectivity index (χ0v) is 13.3. The molecule has 1 aromatic carbocycles. The Morgan fingerprint density at radius 1 is 1.22 bits per heavy atom. The first-order valence-corrected chi connectivity index (χ1v) is 7.05. The highest BCUT2D eigenvalue weighted by Gasteiger charge is 2.13. The third-order valence-electron chi connectivity index (χ3n) is 3.11. The maximum absolute atomic E-state index is 11.5. The first-order chi connectivity index (χ1) is 11.1. The number of furan rings is 1. The molecule has 0 bridgehead atoms. The lowest BCUT2D eigenvalue weighted by Gasteiger charge is -2.08. The van der Waals surface area contributed by atoms with Crippen LogP contribution < -0.4 is 15.2 Å². The second-order valence-electron chi connectivity index (χ2n) is 4.59. The van der Waals surface area contributed by atoms with Crippen LogP contribution in [0.1, 0.15) is 12.7 Å². The highest BCUT2D eigenvalue weighted by atomic mass is 16.5. The summed E-state index contributed by atoms with van der Waals surface area (Å²) in [5, 5.41) is 0. The molecule has 2 N–H and O–H groups in total. The van der Waals surface area contributed by atoms with Crippen molar-refractivity contribution in [1.29, 1.82) is 0 Å². The van der Waals surface area contributed by atoms with Crippen LogP contribution >= 0.6 is 0 Å². The Morgan fingerprint density at radius 3 is 2.65 bits per heavy atom. The third kappa shape index (κ3) is 3.85. The molecule has 0 radical (unpaired) electrons. The number of ether oxygens (including phenoxy) is 3. The van der Waals surface area contributed by atoms with Gasteiger partial charge in [0, 0.05) is 6.08 Å². The van der Waals surface area contributed by atoms with Crippen molar-refractivity contribution in [3.05, 3.63) is 41.8 Å². The van der Waals surface area contributed by atoms with Gasteiger partial charge >= 0.3 is 5.97 Å². The lowest BCUT2D eigenvalue weighted by atomic mass is 10.1. The molecule has 0 saturated heterocycles. The van der Waals surface area contributed by atoms with Crippen LogP contribution in [0.4, 0.5) is 0 Å². The van der Waals surface area contributed by atoms with E-state index in [-0.39, 0.29) is 12.3 Å². The highest BCUT2D eigenvalue weighted by molar-refractivity contribution is 5.92. The van der Waals surface area contributed by atoms with Crippen molar-refractivity contribution in [3.63, 3.8) is 0 Å². The van der Waals surface area contributed by atoms with Crippen LogP contribution in [0.25, 0.3) is 17.4 Å². The number of rotatable bonds is 6. The first kappa shape index (κ1) is 16.5. The van der Waals surface area contributed by atoms with Crippen LogP contribution in [0.3, 0.4) is 0 Å². The molecule has 1 aromatic heterocycles. The molecular weight excluding hydrogens is 298 g/mol. The summed E-state index contributed by atoms with van der Waals surface area (Å²) in [5.41, 5.74) is 6.38. The second kappa shape index (κ2) is 7.40. The van der Waals surface area contributed by atoms with Gasteiger partial charge in [-0.05, 0) is 37.3 Å². The van der Waals surface area contributed by atoms with Crippen LogP contribution in [0.5, 0.6) is 11.5 Å². The van der Waals surface area contributed by atoms with Crippen LogP contribution in [-0.4, -0.2) is 26.8 Å². The molecule has 2 rings (SSSR count). The smallest absolute Gasteiger partial charge is 0.354 e. The zero-order valence-electron chi connectivity index (χ0n) is 13.3. The summed E-state index contributed by atoms with van der Waals surface area (Å²) >= 11 is 0. The molecule has 0 unspecified atom stereocenters. The van der Waals surface area contributed by atoms with E-state index in [0.717, 1.165) is 5.56 Å². The van der Waals surface area contributed by atoms with Gasteiger partial charge in [0.05, 0.1) is 26.4 Å². The number of hydrogen-bond acceptors (Lipinski definition) is 6. The van der Waals surface area contributed by atoms with E-state index in [1.165, 1.54) is 6.08 Å². The summed E-state index contributed by atoms with van der Waals surface area (Å²) < 4.78 is 21.1. The SMILES string of the molecule is CCOC(=O)/C(N)=C/c1ccc(-c2cc(OC)ccc2OC)o1. The molecule has 0 spiro atoms. The van der Waals surface area contributed by atoms with Crippen molar-refractivity contribution in [2.75, 3.05) is 20.8 Å². The molecule has 0 atom stereocenters. The average Bonchev–Trinajstić information content (AvgIpc) is 3.02. The average molecular weight is 317 g/mol. The molecule has 0 aliphatic rings. The van der Waals surface area contributed by atoms with Crippen LogP contribution in [0.2, 0.25) is 0 Å². The minimum Gasteiger partial charge on any atom is -0.497 e. The minimum atomic E-state index is -0.579. The summed E-state index contributed by atoms with van der Waals surface area (Å²) in [6.45, 7) is 1.98. The predicted molar refractivity (Wildman–Crippen MR) is 86.0 cm³/mol. The molecule has 0 aliphatic carbocycles. The fourth-order valence-corrected chi connectivity index (χ4v) is 2.01. The van der Waals surface area contributed by atoms with E-state index >= 15 is 0 Å². The lowest BCUT2D eigenvalue weighted by molar-refractivity contribution is -0.138. The molecule has 6 heteroatoms. The summed E-state index contributed by atoms with van der Waals surface area (Å²) in [6, 6.07) is 8.87. The van der Waals surface area contributed by atoms with Gasteiger partial charge in [-0.25, -0.2) is 4.79 Å². The van der Waals surface area contributed by atoms with Crippen molar-refractivity contribution in [3.8, 4) is 22.8 Å². The number of nitrogens with two attached hydrogens (primary N) is 1. The van der Waals surface area contributed by atoms with Crippen molar-refractivity contribution < 1.29 is 23.4 Å². The molecule has 0 fully saturated rings. The summed E-state index contributed by atoms with van der Waals surface area (Å²) in [4.78, 5) is 11.5. The van der Waals surface area contributed by atoms with Crippen molar-refractivity contribution in [1.82, 2.24) is 0 Å². The van der Waals surface area contributed by atoms with E-state index in [1.54, 1.807) is 51.5 Å². The van der Waals surface area contributed by atoms with E-state index in [4.69, 9.17) is 24.4 Å². The summed E-state index contributed by atoms with van der Waals surface area (Å²) in [7, 11) is 3.16. The standard InChI is InChI=1S/C17H19NO5/c1-4-22-17(19)14(18)10-12-6-8-16(23-12)13-9-11(20-2)5-7-15(13)21-3/h5-10H,4,18H2,1-3H3/b14-10-. The lowest BCUT2D eigenvalue weighted by Crippen LogP contribution is -2.14. The van der Waals surface area contributed by atoms with Crippen LogP contribution in [0.15, 0.2) is 40.4 Å². The topological polar surface area (TPSA) is 83.9 Å². The maximum Gasteiger partial charge on any atom is 0.354 e. The largest absolute Gasteiger partial charge is 0.497 e. The Morgan fingerprint density at radius 2 is 2.00 bits per heavy atom. The Labute approximate surface area is 134 Å². The molecule has 6 nitrogen and oxygen atoms in total. The first-order valence-electron chi connectivity index (χ1n) is 7.05. The maximum atomic E-state index is 11.5. The van der Waals surface area contributed by atoms with Gasteiger partial charge in [-0.15, -0.1) is 0 Å². The molecule has 1 heterocycles. The van der Waals surface area contributed by atoms with Gasteiger partial charge in [0.2, 0.25) is 0 Å². The van der Waals surface area contributed by atoms with E-state index in [9.17, 15) is 4.79 Å². The fraction of sp³-hybridized carbons (Fsp3) is 0.235.